The molecule has 3 heteroatoms. The van der Waals surface area contributed by atoms with Crippen LogP contribution in [0.25, 0.3) is 0 Å². The van der Waals surface area contributed by atoms with Gasteiger partial charge in [0.2, 0.25) is 5.91 Å². The Kier molecular flexibility index (Phi) is 4.46. The number of carbonyl (C=O) groups is 1. The van der Waals surface area contributed by atoms with Gasteiger partial charge < -0.3 is 10.6 Å². The molecule has 5 rings (SSSR count). The smallest absolute Gasteiger partial charge is 0.237 e. The molecular formula is C24H38N2O. The Morgan fingerprint density at radius 1 is 1.07 bits per heavy atom. The molecule has 5 aliphatic rings. The van der Waals surface area contributed by atoms with Crippen molar-refractivity contribution in [1.29, 1.82) is 0 Å². The van der Waals surface area contributed by atoms with Crippen molar-refractivity contribution < 1.29 is 4.79 Å². The van der Waals surface area contributed by atoms with Crippen LogP contribution in [0.1, 0.15) is 84.5 Å². The van der Waals surface area contributed by atoms with E-state index in [1.807, 2.05) is 0 Å². The van der Waals surface area contributed by atoms with Crippen molar-refractivity contribution in [3.63, 3.8) is 0 Å². The van der Waals surface area contributed by atoms with Crippen molar-refractivity contribution in [2.75, 3.05) is 6.54 Å². The summed E-state index contributed by atoms with van der Waals surface area (Å²) in [5.74, 6) is 2.81. The monoisotopic (exact) mass is 370 g/mol. The van der Waals surface area contributed by atoms with Crippen LogP contribution in [0.2, 0.25) is 0 Å². The summed E-state index contributed by atoms with van der Waals surface area (Å²) < 4.78 is 0. The summed E-state index contributed by atoms with van der Waals surface area (Å²) in [6.45, 7) is 6.10. The highest BCUT2D eigenvalue weighted by Gasteiger charge is 2.58. The summed E-state index contributed by atoms with van der Waals surface area (Å²) in [5, 5.41) is 6.88. The van der Waals surface area contributed by atoms with E-state index < -0.39 is 0 Å². The zero-order valence-electron chi connectivity index (χ0n) is 17.4. The molecule has 1 heterocycles. The predicted octanol–water partition coefficient (Wildman–Crippen LogP) is 4.58. The Balaban J connectivity index is 1.35. The van der Waals surface area contributed by atoms with Crippen LogP contribution in [0, 0.1) is 28.6 Å². The number of hydrogen-bond donors (Lipinski definition) is 2. The lowest BCUT2D eigenvalue weighted by Gasteiger charge is -2.57. The number of rotatable bonds is 2. The maximum atomic E-state index is 12.8. The van der Waals surface area contributed by atoms with Crippen LogP contribution in [0.15, 0.2) is 11.6 Å². The van der Waals surface area contributed by atoms with Gasteiger partial charge in [0.05, 0.1) is 6.04 Å². The molecule has 3 saturated carbocycles. The number of carbonyl (C=O) groups excluding carboxylic acids is 1. The lowest BCUT2D eigenvalue weighted by Crippen LogP contribution is -2.55. The van der Waals surface area contributed by atoms with Crippen LogP contribution >= 0.6 is 0 Å². The number of hydrogen-bond acceptors (Lipinski definition) is 2. The molecule has 0 aromatic carbocycles. The number of amides is 1. The molecule has 0 bridgehead atoms. The second-order valence-electron chi connectivity index (χ2n) is 10.8. The van der Waals surface area contributed by atoms with E-state index in [1.54, 1.807) is 5.57 Å². The molecule has 1 saturated heterocycles. The Bertz CT molecular complexity index is 636. The number of nitrogens with one attached hydrogen (secondary N) is 2. The number of allylic oxidation sites excluding steroid dienone is 2. The zero-order valence-corrected chi connectivity index (χ0v) is 17.4. The second-order valence-corrected chi connectivity index (χ2v) is 10.8. The minimum atomic E-state index is 0.0605. The van der Waals surface area contributed by atoms with Gasteiger partial charge in [0.25, 0.3) is 0 Å². The van der Waals surface area contributed by atoms with E-state index in [0.29, 0.717) is 16.9 Å². The molecule has 1 amide bonds. The van der Waals surface area contributed by atoms with Gasteiger partial charge in [-0.15, -0.1) is 0 Å². The van der Waals surface area contributed by atoms with Crippen molar-refractivity contribution in [2.45, 2.75) is 96.6 Å². The van der Waals surface area contributed by atoms with Crippen molar-refractivity contribution in [1.82, 2.24) is 10.6 Å². The van der Waals surface area contributed by atoms with E-state index in [0.717, 1.165) is 37.1 Å². The summed E-state index contributed by atoms with van der Waals surface area (Å²) in [5.41, 5.74) is 2.59. The molecule has 7 atom stereocenters. The minimum Gasteiger partial charge on any atom is -0.351 e. The fourth-order valence-electron chi connectivity index (χ4n) is 8.12. The summed E-state index contributed by atoms with van der Waals surface area (Å²) >= 11 is 0. The lowest BCUT2D eigenvalue weighted by atomic mass is 9.48. The predicted molar refractivity (Wildman–Crippen MR) is 109 cm³/mol. The highest BCUT2D eigenvalue weighted by Crippen LogP contribution is 2.64. The lowest BCUT2D eigenvalue weighted by molar-refractivity contribution is -0.125. The Morgan fingerprint density at radius 2 is 1.96 bits per heavy atom. The highest BCUT2D eigenvalue weighted by atomic mass is 16.2. The van der Waals surface area contributed by atoms with Gasteiger partial charge in [0, 0.05) is 6.04 Å². The topological polar surface area (TPSA) is 41.1 Å². The Hall–Kier alpha value is -0.830. The van der Waals surface area contributed by atoms with Gasteiger partial charge >= 0.3 is 0 Å². The second kappa shape index (κ2) is 6.61. The summed E-state index contributed by atoms with van der Waals surface area (Å²) in [6.07, 6.45) is 16.9. The average Bonchev–Trinajstić information content (AvgIpc) is 3.30. The Labute approximate surface area is 165 Å². The first-order valence-electron chi connectivity index (χ1n) is 11.8. The maximum absolute atomic E-state index is 12.8. The van der Waals surface area contributed by atoms with E-state index in [-0.39, 0.29) is 11.9 Å². The minimum absolute atomic E-state index is 0.0605. The van der Waals surface area contributed by atoms with Crippen molar-refractivity contribution >= 4 is 5.91 Å². The number of fused-ring (bicyclic) bond motifs is 5. The molecule has 27 heavy (non-hydrogen) atoms. The third-order valence-corrected chi connectivity index (χ3v) is 9.71. The molecule has 150 valence electrons. The molecule has 3 nitrogen and oxygen atoms in total. The molecule has 0 radical (unpaired) electrons. The fraction of sp³-hybridized carbons (Fsp3) is 0.875. The quantitative estimate of drug-likeness (QED) is 0.699. The van der Waals surface area contributed by atoms with Gasteiger partial charge in [-0.05, 0) is 99.3 Å². The molecule has 4 fully saturated rings. The molecule has 0 aromatic rings. The van der Waals surface area contributed by atoms with Gasteiger partial charge in [-0.2, -0.15) is 0 Å². The highest BCUT2D eigenvalue weighted by molar-refractivity contribution is 5.82. The van der Waals surface area contributed by atoms with E-state index >= 15 is 0 Å². The normalized spacial score (nSPS) is 49.0. The van der Waals surface area contributed by atoms with Crippen LogP contribution in [-0.4, -0.2) is 24.5 Å². The van der Waals surface area contributed by atoms with Crippen molar-refractivity contribution in [3.8, 4) is 0 Å². The van der Waals surface area contributed by atoms with Crippen molar-refractivity contribution in [2.24, 2.45) is 28.6 Å². The van der Waals surface area contributed by atoms with E-state index in [1.165, 1.54) is 57.8 Å². The van der Waals surface area contributed by atoms with Gasteiger partial charge in [0.1, 0.15) is 0 Å². The summed E-state index contributed by atoms with van der Waals surface area (Å²) in [7, 11) is 0. The molecule has 1 unspecified atom stereocenters. The SMILES string of the molecule is C[C@]12CCCCC1=CC[C@@H]1[C@@H]2CC[C@]2(C)C(NC(=O)[C@@H]3CCCN3)CC[C@@H]12. The molecular weight excluding hydrogens is 332 g/mol. The third-order valence-electron chi connectivity index (χ3n) is 9.71. The van der Waals surface area contributed by atoms with E-state index in [2.05, 4.69) is 30.6 Å². The first-order chi connectivity index (χ1) is 13.0. The maximum Gasteiger partial charge on any atom is 0.237 e. The molecule has 2 N–H and O–H groups in total. The van der Waals surface area contributed by atoms with Gasteiger partial charge in [-0.3, -0.25) is 4.79 Å². The average molecular weight is 371 g/mol. The van der Waals surface area contributed by atoms with Gasteiger partial charge in [0.15, 0.2) is 0 Å². The third kappa shape index (κ3) is 2.74. The summed E-state index contributed by atoms with van der Waals surface area (Å²) in [4.78, 5) is 12.8. The van der Waals surface area contributed by atoms with E-state index in [9.17, 15) is 4.79 Å². The molecule has 1 aliphatic heterocycles. The van der Waals surface area contributed by atoms with Crippen LogP contribution < -0.4 is 10.6 Å². The summed E-state index contributed by atoms with van der Waals surface area (Å²) in [6, 6.07) is 0.452. The first-order valence-corrected chi connectivity index (χ1v) is 11.8. The van der Waals surface area contributed by atoms with Crippen LogP contribution in [0.5, 0.6) is 0 Å². The molecule has 0 aromatic heterocycles. The Morgan fingerprint density at radius 3 is 2.78 bits per heavy atom. The van der Waals surface area contributed by atoms with E-state index in [4.69, 9.17) is 0 Å². The largest absolute Gasteiger partial charge is 0.351 e. The fourth-order valence-corrected chi connectivity index (χ4v) is 8.12. The van der Waals surface area contributed by atoms with Crippen molar-refractivity contribution in [3.05, 3.63) is 11.6 Å². The first kappa shape index (κ1) is 18.2. The molecule has 0 spiro atoms. The van der Waals surface area contributed by atoms with Crippen LogP contribution in [-0.2, 0) is 4.79 Å². The van der Waals surface area contributed by atoms with Gasteiger partial charge in [-0.25, -0.2) is 0 Å². The zero-order chi connectivity index (χ0) is 18.6. The standard InChI is InChI=1S/C24H38N2O/c1-23-13-4-3-6-16(23)8-9-17-18-10-11-21(24(18,2)14-12-19(17)23)26-22(27)20-7-5-15-25-20/h8,17-21,25H,3-7,9-15H2,1-2H3,(H,26,27)/t17-,18-,19-,20-,21?,23-,24-/m0/s1. The van der Waals surface area contributed by atoms with Crippen LogP contribution in [0.4, 0.5) is 0 Å². The molecule has 4 aliphatic carbocycles. The van der Waals surface area contributed by atoms with Crippen LogP contribution in [0.3, 0.4) is 0 Å². The van der Waals surface area contributed by atoms with Gasteiger partial charge in [-0.1, -0.05) is 31.9 Å².